The van der Waals surface area contributed by atoms with Crippen LogP contribution < -0.4 is 11.1 Å². The van der Waals surface area contributed by atoms with Gasteiger partial charge in [0.25, 0.3) is 0 Å². The Labute approximate surface area is 259 Å². The predicted octanol–water partition coefficient (Wildman–Crippen LogP) is 4.03. The highest BCUT2D eigenvalue weighted by molar-refractivity contribution is 7.09. The van der Waals surface area contributed by atoms with Crippen molar-refractivity contribution in [1.29, 1.82) is 0 Å². The Morgan fingerprint density at radius 2 is 1.58 bits per heavy atom. The number of amides is 3. The van der Waals surface area contributed by atoms with Crippen LogP contribution in [0.15, 0.2) is 84.3 Å². The largest absolute Gasteiger partial charge is 0.392 e. The number of nitrogens with zero attached hydrogens (tertiary/aromatic N) is 2. The molecule has 0 fully saturated rings. The van der Waals surface area contributed by atoms with Crippen LogP contribution in [0.4, 0.5) is 0 Å². The molecule has 3 amide bonds. The monoisotopic (exact) mass is 604 g/mol. The van der Waals surface area contributed by atoms with Gasteiger partial charge in [0.05, 0.1) is 6.10 Å². The van der Waals surface area contributed by atoms with Crippen LogP contribution in [0.2, 0.25) is 0 Å². The number of benzene rings is 2. The molecule has 3 rings (SSSR count). The van der Waals surface area contributed by atoms with E-state index in [4.69, 9.17) is 5.73 Å². The van der Waals surface area contributed by atoms with E-state index >= 15 is 0 Å². The van der Waals surface area contributed by atoms with Crippen molar-refractivity contribution in [2.45, 2.75) is 63.8 Å². The molecule has 1 heterocycles. The van der Waals surface area contributed by atoms with Gasteiger partial charge in [-0.2, -0.15) is 0 Å². The highest BCUT2D eigenvalue weighted by Gasteiger charge is 2.35. The lowest BCUT2D eigenvalue weighted by molar-refractivity contribution is -0.146. The first kappa shape index (κ1) is 33.7. The van der Waals surface area contributed by atoms with E-state index < -0.39 is 23.7 Å². The fourth-order valence-corrected chi connectivity index (χ4v) is 5.33. The molecule has 0 aliphatic rings. The van der Waals surface area contributed by atoms with Crippen LogP contribution in [0.25, 0.3) is 11.1 Å². The smallest absolute Gasteiger partial charge is 0.246 e. The Morgan fingerprint density at radius 3 is 2.16 bits per heavy atom. The maximum Gasteiger partial charge on any atom is 0.246 e. The van der Waals surface area contributed by atoms with Gasteiger partial charge in [-0.3, -0.25) is 14.4 Å². The lowest BCUT2D eigenvalue weighted by Gasteiger charge is -2.34. The Kier molecular flexibility index (Phi) is 12.2. The number of aliphatic hydroxyl groups excluding tert-OH is 1. The van der Waals surface area contributed by atoms with Gasteiger partial charge < -0.3 is 26.0 Å². The number of rotatable bonds is 14. The van der Waals surface area contributed by atoms with E-state index in [0.29, 0.717) is 12.8 Å². The van der Waals surface area contributed by atoms with E-state index in [1.807, 2.05) is 86.0 Å². The van der Waals surface area contributed by atoms with E-state index in [2.05, 4.69) is 5.32 Å². The van der Waals surface area contributed by atoms with Crippen LogP contribution in [0.5, 0.6) is 0 Å². The van der Waals surface area contributed by atoms with Crippen LogP contribution in [0, 0.1) is 0 Å². The third-order valence-electron chi connectivity index (χ3n) is 7.16. The summed E-state index contributed by atoms with van der Waals surface area (Å²) in [5.41, 5.74) is 8.61. The summed E-state index contributed by atoms with van der Waals surface area (Å²) in [6, 6.07) is 20.1. The van der Waals surface area contributed by atoms with Crippen LogP contribution in [0.3, 0.4) is 0 Å². The summed E-state index contributed by atoms with van der Waals surface area (Å²) in [6.45, 7) is 5.41. The second-order valence-electron chi connectivity index (χ2n) is 11.7. The molecular formula is C34H44N4O4S. The van der Waals surface area contributed by atoms with Gasteiger partial charge in [0.2, 0.25) is 17.7 Å². The second kappa shape index (κ2) is 15.6. The van der Waals surface area contributed by atoms with Gasteiger partial charge in [0.1, 0.15) is 12.1 Å². The van der Waals surface area contributed by atoms with Crippen molar-refractivity contribution in [2.24, 2.45) is 5.73 Å². The molecule has 1 aromatic heterocycles. The zero-order valence-electron chi connectivity index (χ0n) is 25.7. The van der Waals surface area contributed by atoms with Gasteiger partial charge in [-0.25, -0.2) is 0 Å². The van der Waals surface area contributed by atoms with E-state index in [9.17, 15) is 19.5 Å². The van der Waals surface area contributed by atoms with Crippen molar-refractivity contribution in [2.75, 3.05) is 20.6 Å². The quantitative estimate of drug-likeness (QED) is 0.240. The van der Waals surface area contributed by atoms with Crippen molar-refractivity contribution in [3.8, 4) is 11.1 Å². The molecule has 0 saturated heterocycles. The minimum absolute atomic E-state index is 0.0691. The van der Waals surface area contributed by atoms with Gasteiger partial charge >= 0.3 is 0 Å². The average molecular weight is 605 g/mol. The van der Waals surface area contributed by atoms with Crippen molar-refractivity contribution in [1.82, 2.24) is 15.1 Å². The molecule has 0 bridgehead atoms. The highest BCUT2D eigenvalue weighted by Crippen LogP contribution is 2.22. The summed E-state index contributed by atoms with van der Waals surface area (Å²) in [7, 11) is 3.20. The summed E-state index contributed by atoms with van der Waals surface area (Å²) >= 11 is 1.50. The maximum absolute atomic E-state index is 14.2. The van der Waals surface area contributed by atoms with Crippen molar-refractivity contribution >= 4 is 29.1 Å². The molecular weight excluding hydrogens is 560 g/mol. The molecule has 43 heavy (non-hydrogen) atoms. The lowest BCUT2D eigenvalue weighted by Crippen LogP contribution is -2.56. The van der Waals surface area contributed by atoms with E-state index in [1.54, 1.807) is 27.1 Å². The van der Waals surface area contributed by atoms with Gasteiger partial charge in [0, 0.05) is 43.9 Å². The summed E-state index contributed by atoms with van der Waals surface area (Å²) in [6.07, 6.45) is 3.52. The third kappa shape index (κ3) is 10.5. The average Bonchev–Trinajstić information content (AvgIpc) is 3.50. The number of aliphatic hydroxyl groups is 1. The zero-order chi connectivity index (χ0) is 31.6. The number of likely N-dealkylation sites (N-methyl/N-ethyl adjacent to an activating group) is 2. The van der Waals surface area contributed by atoms with Crippen molar-refractivity contribution in [3.63, 3.8) is 0 Å². The number of nitrogens with two attached hydrogens (primary N) is 1. The molecule has 8 nitrogen and oxygen atoms in total. The summed E-state index contributed by atoms with van der Waals surface area (Å²) in [5.74, 6) is -1.05. The SMILES string of the molecule is C[C@@H](O)CNC(=O)[C@@H](Cc1cccs1)N(C)C(=O)[C@@H](Cc1ccc(-c2ccccc2)cc1)N(C)C(=O)C=CCC(C)(C)N. The summed E-state index contributed by atoms with van der Waals surface area (Å²) < 4.78 is 0. The van der Waals surface area contributed by atoms with Crippen molar-refractivity contribution < 1.29 is 19.5 Å². The molecule has 0 saturated carbocycles. The Bertz CT molecular complexity index is 1350. The second-order valence-corrected chi connectivity index (χ2v) is 12.7. The molecule has 0 spiro atoms. The van der Waals surface area contributed by atoms with E-state index in [1.165, 1.54) is 27.2 Å². The first-order valence-corrected chi connectivity index (χ1v) is 15.3. The van der Waals surface area contributed by atoms with Crippen LogP contribution in [-0.4, -0.2) is 77.0 Å². The first-order valence-electron chi connectivity index (χ1n) is 14.5. The molecule has 2 aromatic carbocycles. The molecule has 230 valence electrons. The fourth-order valence-electron chi connectivity index (χ4n) is 4.59. The Balaban J connectivity index is 1.90. The molecule has 9 heteroatoms. The molecule has 3 atom stereocenters. The van der Waals surface area contributed by atoms with Crippen LogP contribution >= 0.6 is 11.3 Å². The maximum atomic E-state index is 14.2. The van der Waals surface area contributed by atoms with Gasteiger partial charge in [-0.05, 0) is 61.4 Å². The van der Waals surface area contributed by atoms with Crippen LogP contribution in [0.1, 0.15) is 37.6 Å². The molecule has 3 aromatic rings. The number of carbonyl (C=O) groups excluding carboxylic acids is 3. The zero-order valence-corrected chi connectivity index (χ0v) is 26.5. The highest BCUT2D eigenvalue weighted by atomic mass is 32.1. The number of carbonyl (C=O) groups is 3. The number of nitrogens with one attached hydrogen (secondary N) is 1. The number of hydrogen-bond acceptors (Lipinski definition) is 6. The molecule has 4 N–H and O–H groups in total. The van der Waals surface area contributed by atoms with Gasteiger partial charge in [-0.15, -0.1) is 11.3 Å². The predicted molar refractivity (Wildman–Crippen MR) is 173 cm³/mol. The van der Waals surface area contributed by atoms with E-state index in [-0.39, 0.29) is 30.7 Å². The summed E-state index contributed by atoms with van der Waals surface area (Å²) in [5, 5.41) is 14.4. The van der Waals surface area contributed by atoms with Crippen LogP contribution in [-0.2, 0) is 27.2 Å². The van der Waals surface area contributed by atoms with E-state index in [0.717, 1.165) is 21.6 Å². The minimum atomic E-state index is -0.869. The number of thiophene rings is 1. The summed E-state index contributed by atoms with van der Waals surface area (Å²) in [4.78, 5) is 44.6. The number of hydrogen-bond donors (Lipinski definition) is 3. The fraction of sp³-hybridized carbons (Fsp3) is 0.382. The normalized spacial score (nSPS) is 13.7. The third-order valence-corrected chi connectivity index (χ3v) is 8.06. The van der Waals surface area contributed by atoms with Gasteiger partial charge in [0.15, 0.2) is 0 Å². The van der Waals surface area contributed by atoms with Crippen molar-refractivity contribution in [3.05, 3.63) is 94.7 Å². The molecule has 0 radical (unpaired) electrons. The molecule has 0 unspecified atom stereocenters. The molecule has 0 aliphatic heterocycles. The Morgan fingerprint density at radius 1 is 0.930 bits per heavy atom. The minimum Gasteiger partial charge on any atom is -0.392 e. The topological polar surface area (TPSA) is 116 Å². The lowest BCUT2D eigenvalue weighted by atomic mass is 9.98. The first-order chi connectivity index (χ1) is 20.4. The Hall–Kier alpha value is -3.79. The molecule has 0 aliphatic carbocycles. The standard InChI is InChI=1S/C34H44N4O4S/c1-24(39)23-36-32(41)29(22-28-13-10-20-43-28)38(5)33(42)30(37(4)31(40)14-9-19-34(2,3)35)21-25-15-17-27(18-16-25)26-11-7-6-8-12-26/h6-18,20,24,29-30,39H,19,21-23,35H2,1-5H3,(H,36,41)/t24-,29-,30-/m1/s1. The van der Waals surface area contributed by atoms with Gasteiger partial charge in [-0.1, -0.05) is 66.7 Å².